The van der Waals surface area contributed by atoms with Crippen LogP contribution in [0.3, 0.4) is 0 Å². The third kappa shape index (κ3) is 3.01. The van der Waals surface area contributed by atoms with Gasteiger partial charge in [0, 0.05) is 23.8 Å². The number of amides is 1. The van der Waals surface area contributed by atoms with Gasteiger partial charge in [-0.25, -0.2) is 4.39 Å². The summed E-state index contributed by atoms with van der Waals surface area (Å²) in [7, 11) is 0. The van der Waals surface area contributed by atoms with Crippen LogP contribution in [0, 0.1) is 5.82 Å². The number of nitrogens with zero attached hydrogens (tertiary/aromatic N) is 1. The molecule has 6 nitrogen and oxygen atoms in total. The van der Waals surface area contributed by atoms with Crippen LogP contribution in [0.4, 0.5) is 10.1 Å². The molecule has 0 spiro atoms. The highest BCUT2D eigenvalue weighted by Crippen LogP contribution is 2.39. The first-order valence-corrected chi connectivity index (χ1v) is 7.61. The zero-order chi connectivity index (χ0) is 17.4. The van der Waals surface area contributed by atoms with Gasteiger partial charge < -0.3 is 19.3 Å². The molecule has 8 heteroatoms. The molecule has 1 amide bonds. The van der Waals surface area contributed by atoms with Crippen LogP contribution in [-0.4, -0.2) is 17.9 Å². The fourth-order valence-corrected chi connectivity index (χ4v) is 2.56. The number of hydrogen-bond acceptors (Lipinski definition) is 5. The molecule has 1 aromatic heterocycles. The smallest absolute Gasteiger partial charge is 0.294 e. The molecule has 126 valence electrons. The topological polar surface area (TPSA) is 73.6 Å². The van der Waals surface area contributed by atoms with Crippen molar-refractivity contribution in [3.05, 3.63) is 59.1 Å². The van der Waals surface area contributed by atoms with Gasteiger partial charge in [-0.3, -0.25) is 4.79 Å². The maximum Gasteiger partial charge on any atom is 0.294 e. The van der Waals surface area contributed by atoms with Gasteiger partial charge >= 0.3 is 0 Å². The van der Waals surface area contributed by atoms with Crippen LogP contribution in [-0.2, 0) is 0 Å². The summed E-state index contributed by atoms with van der Waals surface area (Å²) in [5.41, 5.74) is 1.20. The van der Waals surface area contributed by atoms with E-state index in [4.69, 9.17) is 25.6 Å². The minimum Gasteiger partial charge on any atom is -0.454 e. The molecule has 0 saturated heterocycles. The second-order valence-corrected chi connectivity index (χ2v) is 5.63. The van der Waals surface area contributed by atoms with E-state index in [9.17, 15) is 9.18 Å². The Kier molecular flexibility index (Phi) is 3.77. The van der Waals surface area contributed by atoms with Crippen molar-refractivity contribution in [2.24, 2.45) is 0 Å². The summed E-state index contributed by atoms with van der Waals surface area (Å²) >= 11 is 6.12. The summed E-state index contributed by atoms with van der Waals surface area (Å²) in [4.78, 5) is 12.3. The zero-order valence-corrected chi connectivity index (χ0v) is 13.3. The SMILES string of the molecule is O=C(Nc1cc2c(cc1Cl)OCO2)c1cc(-c2cccc(F)c2)no1. The molecule has 0 fully saturated rings. The number of carbonyl (C=O) groups is 1. The molecular formula is C17H10ClFN2O4. The maximum absolute atomic E-state index is 13.3. The Labute approximate surface area is 146 Å². The molecule has 1 aliphatic rings. The van der Waals surface area contributed by atoms with E-state index in [0.717, 1.165) is 0 Å². The number of aromatic nitrogens is 1. The quantitative estimate of drug-likeness (QED) is 0.760. The Hall–Kier alpha value is -3.06. The molecule has 2 aromatic carbocycles. The molecule has 1 aliphatic heterocycles. The van der Waals surface area contributed by atoms with Gasteiger partial charge in [-0.2, -0.15) is 0 Å². The predicted octanol–water partition coefficient (Wildman–Crippen LogP) is 4.12. The fourth-order valence-electron chi connectivity index (χ4n) is 2.36. The van der Waals surface area contributed by atoms with Gasteiger partial charge in [0.2, 0.25) is 12.6 Å². The van der Waals surface area contributed by atoms with E-state index in [-0.39, 0.29) is 12.6 Å². The largest absolute Gasteiger partial charge is 0.454 e. The Morgan fingerprint density at radius 2 is 1.96 bits per heavy atom. The molecule has 3 aromatic rings. The minimum atomic E-state index is -0.545. The average molecular weight is 361 g/mol. The van der Waals surface area contributed by atoms with Crippen molar-refractivity contribution < 1.29 is 23.2 Å². The van der Waals surface area contributed by atoms with Crippen LogP contribution in [0.2, 0.25) is 5.02 Å². The van der Waals surface area contributed by atoms with Crippen LogP contribution < -0.4 is 14.8 Å². The van der Waals surface area contributed by atoms with Crippen molar-refractivity contribution >= 4 is 23.2 Å². The molecule has 0 atom stereocenters. The number of benzene rings is 2. The molecule has 25 heavy (non-hydrogen) atoms. The summed E-state index contributed by atoms with van der Waals surface area (Å²) < 4.78 is 28.8. The van der Waals surface area contributed by atoms with Crippen LogP contribution in [0.1, 0.15) is 10.6 Å². The Balaban J connectivity index is 1.56. The number of halogens is 2. The normalized spacial score (nSPS) is 12.2. The van der Waals surface area contributed by atoms with E-state index in [1.807, 2.05) is 0 Å². The molecule has 0 radical (unpaired) electrons. The number of hydrogen-bond donors (Lipinski definition) is 1. The molecular weight excluding hydrogens is 351 g/mol. The van der Waals surface area contributed by atoms with Gasteiger partial charge in [-0.1, -0.05) is 28.9 Å². The first kappa shape index (κ1) is 15.5. The number of carbonyl (C=O) groups excluding carboxylic acids is 1. The standard InChI is InChI=1S/C17H10ClFN2O4/c18-11-5-14-15(24-8-23-14)7-13(11)20-17(22)16-6-12(21-25-16)9-2-1-3-10(19)4-9/h1-7H,8H2,(H,20,22). The molecule has 1 N–H and O–H groups in total. The lowest BCUT2D eigenvalue weighted by atomic mass is 10.1. The van der Waals surface area contributed by atoms with E-state index < -0.39 is 11.7 Å². The van der Waals surface area contributed by atoms with Gasteiger partial charge in [0.1, 0.15) is 11.5 Å². The van der Waals surface area contributed by atoms with Crippen molar-refractivity contribution in [2.45, 2.75) is 0 Å². The fraction of sp³-hybridized carbons (Fsp3) is 0.0588. The number of ether oxygens (including phenoxy) is 2. The van der Waals surface area contributed by atoms with Crippen LogP contribution in [0.15, 0.2) is 47.0 Å². The average Bonchev–Trinajstić information content (AvgIpc) is 3.24. The Bertz CT molecular complexity index is 973. The van der Waals surface area contributed by atoms with Crippen molar-refractivity contribution in [3.8, 4) is 22.8 Å². The third-order valence-electron chi connectivity index (χ3n) is 3.56. The number of nitrogens with one attached hydrogen (secondary N) is 1. The lowest BCUT2D eigenvalue weighted by Gasteiger charge is -2.06. The highest BCUT2D eigenvalue weighted by atomic mass is 35.5. The number of anilines is 1. The summed E-state index contributed by atoms with van der Waals surface area (Å²) in [6.45, 7) is 0.0994. The van der Waals surface area contributed by atoms with Crippen LogP contribution in [0.25, 0.3) is 11.3 Å². The molecule has 0 unspecified atom stereocenters. The predicted molar refractivity (Wildman–Crippen MR) is 87.4 cm³/mol. The summed E-state index contributed by atoms with van der Waals surface area (Å²) in [6, 6.07) is 10.4. The van der Waals surface area contributed by atoms with E-state index in [0.29, 0.717) is 33.5 Å². The van der Waals surface area contributed by atoms with E-state index >= 15 is 0 Å². The van der Waals surface area contributed by atoms with E-state index in [1.54, 1.807) is 24.3 Å². The van der Waals surface area contributed by atoms with Crippen molar-refractivity contribution in [2.75, 3.05) is 12.1 Å². The third-order valence-corrected chi connectivity index (χ3v) is 3.88. The first-order chi connectivity index (χ1) is 12.1. The van der Waals surface area contributed by atoms with Crippen molar-refractivity contribution in [1.29, 1.82) is 0 Å². The zero-order valence-electron chi connectivity index (χ0n) is 12.6. The minimum absolute atomic E-state index is 0.0343. The number of fused-ring (bicyclic) bond motifs is 1. The molecule has 2 heterocycles. The van der Waals surface area contributed by atoms with E-state index in [2.05, 4.69) is 10.5 Å². The van der Waals surface area contributed by atoms with Crippen LogP contribution >= 0.6 is 11.6 Å². The molecule has 0 aliphatic carbocycles. The van der Waals surface area contributed by atoms with Gasteiger partial charge in [0.15, 0.2) is 11.5 Å². The Morgan fingerprint density at radius 3 is 2.76 bits per heavy atom. The summed E-state index contributed by atoms with van der Waals surface area (Å²) in [5.74, 6) is 0.0105. The lowest BCUT2D eigenvalue weighted by molar-refractivity contribution is 0.0988. The molecule has 0 saturated carbocycles. The van der Waals surface area contributed by atoms with E-state index in [1.165, 1.54) is 18.2 Å². The van der Waals surface area contributed by atoms with Gasteiger partial charge in [-0.05, 0) is 12.1 Å². The van der Waals surface area contributed by atoms with Gasteiger partial charge in [0.05, 0.1) is 10.7 Å². The van der Waals surface area contributed by atoms with Crippen LogP contribution in [0.5, 0.6) is 11.5 Å². The second kappa shape index (κ2) is 6.10. The van der Waals surface area contributed by atoms with Gasteiger partial charge in [-0.15, -0.1) is 0 Å². The maximum atomic E-state index is 13.3. The Morgan fingerprint density at radius 1 is 1.16 bits per heavy atom. The summed E-state index contributed by atoms with van der Waals surface area (Å²) in [5, 5.41) is 6.70. The highest BCUT2D eigenvalue weighted by molar-refractivity contribution is 6.34. The first-order valence-electron chi connectivity index (χ1n) is 7.23. The van der Waals surface area contributed by atoms with Gasteiger partial charge in [0.25, 0.3) is 5.91 Å². The molecule has 0 bridgehead atoms. The summed E-state index contributed by atoms with van der Waals surface area (Å²) in [6.07, 6.45) is 0. The monoisotopic (exact) mass is 360 g/mol. The van der Waals surface area contributed by atoms with Crippen molar-refractivity contribution in [1.82, 2.24) is 5.16 Å². The second-order valence-electron chi connectivity index (χ2n) is 5.23. The number of rotatable bonds is 3. The molecule has 4 rings (SSSR count). The van der Waals surface area contributed by atoms with Crippen molar-refractivity contribution in [3.63, 3.8) is 0 Å². The highest BCUT2D eigenvalue weighted by Gasteiger charge is 2.20. The lowest BCUT2D eigenvalue weighted by Crippen LogP contribution is -2.11.